The zero-order chi connectivity index (χ0) is 14.9. The third-order valence-electron chi connectivity index (χ3n) is 3.87. The molecule has 0 bridgehead atoms. The highest BCUT2D eigenvalue weighted by molar-refractivity contribution is 5.94. The molecular formula is C15H18O5. The Morgan fingerprint density at radius 3 is 2.40 bits per heavy atom. The molecule has 0 heterocycles. The van der Waals surface area contributed by atoms with Crippen molar-refractivity contribution in [3.05, 3.63) is 23.8 Å². The summed E-state index contributed by atoms with van der Waals surface area (Å²) in [6, 6.07) is 4.89. The van der Waals surface area contributed by atoms with Crippen LogP contribution in [-0.2, 0) is 4.79 Å². The molecule has 1 aliphatic carbocycles. The van der Waals surface area contributed by atoms with Crippen LogP contribution in [0.15, 0.2) is 18.2 Å². The fourth-order valence-electron chi connectivity index (χ4n) is 2.22. The number of rotatable bonds is 6. The zero-order valence-electron chi connectivity index (χ0n) is 11.8. The molecule has 5 heteroatoms. The number of Topliss-reactive ketones (excluding diaryl/α,β-unsaturated/α-hetero) is 1. The summed E-state index contributed by atoms with van der Waals surface area (Å²) < 4.78 is 10.9. The van der Waals surface area contributed by atoms with Gasteiger partial charge in [0.1, 0.15) is 11.5 Å². The second-order valence-electron chi connectivity index (χ2n) is 5.14. The van der Waals surface area contributed by atoms with Crippen LogP contribution < -0.4 is 9.47 Å². The lowest BCUT2D eigenvalue weighted by molar-refractivity contribution is -0.146. The molecule has 0 saturated heterocycles. The Hall–Kier alpha value is -2.04. The van der Waals surface area contributed by atoms with Gasteiger partial charge in [-0.3, -0.25) is 9.59 Å². The van der Waals surface area contributed by atoms with Crippen LogP contribution in [0.2, 0.25) is 0 Å². The van der Waals surface area contributed by atoms with Crippen molar-refractivity contribution >= 4 is 11.8 Å². The maximum absolute atomic E-state index is 11.3. The lowest BCUT2D eigenvalue weighted by Crippen LogP contribution is -2.32. The van der Waals surface area contributed by atoms with E-state index in [1.54, 1.807) is 25.1 Å². The van der Waals surface area contributed by atoms with E-state index >= 15 is 0 Å². The van der Waals surface area contributed by atoms with E-state index in [0.717, 1.165) is 0 Å². The van der Waals surface area contributed by atoms with Crippen LogP contribution in [0.4, 0.5) is 0 Å². The summed E-state index contributed by atoms with van der Waals surface area (Å²) in [5.41, 5.74) is -0.259. The van der Waals surface area contributed by atoms with Gasteiger partial charge in [0, 0.05) is 5.56 Å². The van der Waals surface area contributed by atoms with Crippen LogP contribution in [0, 0.1) is 5.41 Å². The van der Waals surface area contributed by atoms with E-state index < -0.39 is 17.5 Å². The summed E-state index contributed by atoms with van der Waals surface area (Å²) in [6.07, 6.45) is 0.798. The molecular weight excluding hydrogens is 260 g/mol. The fraction of sp³-hybridized carbons (Fsp3) is 0.467. The van der Waals surface area contributed by atoms with Gasteiger partial charge in [0.15, 0.2) is 17.3 Å². The molecule has 20 heavy (non-hydrogen) atoms. The molecule has 1 aliphatic rings. The number of carboxylic acid groups (broad SMARTS) is 1. The summed E-state index contributed by atoms with van der Waals surface area (Å²) in [6.45, 7) is 3.22. The van der Waals surface area contributed by atoms with Gasteiger partial charge in [0.05, 0.1) is 7.11 Å². The molecule has 0 radical (unpaired) electrons. The van der Waals surface area contributed by atoms with Gasteiger partial charge in [0.2, 0.25) is 0 Å². The summed E-state index contributed by atoms with van der Waals surface area (Å²) in [5.74, 6) is -0.000292. The Balaban J connectivity index is 2.21. The third kappa shape index (κ3) is 2.48. The smallest absolute Gasteiger partial charge is 0.313 e. The molecule has 0 aliphatic heterocycles. The topological polar surface area (TPSA) is 72.8 Å². The lowest BCUT2D eigenvalue weighted by atomic mass is 10.0. The summed E-state index contributed by atoms with van der Waals surface area (Å²) >= 11 is 0. The van der Waals surface area contributed by atoms with Gasteiger partial charge in [0.25, 0.3) is 0 Å². The molecule has 1 fully saturated rings. The Labute approximate surface area is 117 Å². The van der Waals surface area contributed by atoms with Crippen LogP contribution in [0.3, 0.4) is 0 Å². The lowest BCUT2D eigenvalue weighted by Gasteiger charge is -2.22. The fourth-order valence-corrected chi connectivity index (χ4v) is 2.22. The van der Waals surface area contributed by atoms with Gasteiger partial charge in [-0.25, -0.2) is 0 Å². The maximum atomic E-state index is 11.3. The van der Waals surface area contributed by atoms with Gasteiger partial charge in [-0.05, 0) is 44.9 Å². The van der Waals surface area contributed by atoms with Crippen molar-refractivity contribution < 1.29 is 24.2 Å². The highest BCUT2D eigenvalue weighted by Crippen LogP contribution is 2.50. The quantitative estimate of drug-likeness (QED) is 0.809. The first-order chi connectivity index (χ1) is 9.40. The number of carbonyl (C=O) groups excluding carboxylic acids is 1. The standard InChI is InChI=1S/C15H18O5/c1-9(16)11-4-5-12(13(8-11)19-3)20-10(2)15(6-7-15)14(17)18/h4-5,8,10H,6-7H2,1-3H3,(H,17,18). The summed E-state index contributed by atoms with van der Waals surface area (Å²) in [7, 11) is 1.49. The predicted octanol–water partition coefficient (Wildman–Crippen LogP) is 2.53. The van der Waals surface area contributed by atoms with E-state index in [1.807, 2.05) is 0 Å². The minimum Gasteiger partial charge on any atom is -0.493 e. The molecule has 2 rings (SSSR count). The number of ketones is 1. The van der Waals surface area contributed by atoms with Crippen LogP contribution >= 0.6 is 0 Å². The van der Waals surface area contributed by atoms with E-state index in [2.05, 4.69) is 0 Å². The van der Waals surface area contributed by atoms with Crippen molar-refractivity contribution in [3.8, 4) is 11.5 Å². The van der Waals surface area contributed by atoms with E-state index in [9.17, 15) is 14.7 Å². The van der Waals surface area contributed by atoms with E-state index in [4.69, 9.17) is 9.47 Å². The van der Waals surface area contributed by atoms with Crippen LogP contribution in [0.1, 0.15) is 37.0 Å². The number of carboxylic acids is 1. The second-order valence-corrected chi connectivity index (χ2v) is 5.14. The van der Waals surface area contributed by atoms with E-state index in [0.29, 0.717) is 29.9 Å². The number of hydrogen-bond donors (Lipinski definition) is 1. The highest BCUT2D eigenvalue weighted by Gasteiger charge is 2.56. The van der Waals surface area contributed by atoms with Crippen molar-refractivity contribution in [2.24, 2.45) is 5.41 Å². The Morgan fingerprint density at radius 2 is 1.95 bits per heavy atom. The first-order valence-corrected chi connectivity index (χ1v) is 6.50. The molecule has 1 N–H and O–H groups in total. The summed E-state index contributed by atoms with van der Waals surface area (Å²) in [5, 5.41) is 9.24. The monoisotopic (exact) mass is 278 g/mol. The van der Waals surface area contributed by atoms with E-state index in [1.165, 1.54) is 14.0 Å². The molecule has 0 spiro atoms. The predicted molar refractivity (Wildman–Crippen MR) is 72.4 cm³/mol. The Morgan fingerprint density at radius 1 is 1.30 bits per heavy atom. The number of ether oxygens (including phenoxy) is 2. The molecule has 108 valence electrons. The van der Waals surface area contributed by atoms with Gasteiger partial charge in [-0.15, -0.1) is 0 Å². The number of aliphatic carboxylic acids is 1. The molecule has 1 aromatic carbocycles. The van der Waals surface area contributed by atoms with Crippen molar-refractivity contribution in [1.82, 2.24) is 0 Å². The van der Waals surface area contributed by atoms with Crippen LogP contribution in [-0.4, -0.2) is 30.1 Å². The van der Waals surface area contributed by atoms with Crippen molar-refractivity contribution in [2.75, 3.05) is 7.11 Å². The average molecular weight is 278 g/mol. The van der Waals surface area contributed by atoms with Crippen molar-refractivity contribution in [2.45, 2.75) is 32.8 Å². The third-order valence-corrected chi connectivity index (χ3v) is 3.87. The zero-order valence-corrected chi connectivity index (χ0v) is 11.8. The van der Waals surface area contributed by atoms with E-state index in [-0.39, 0.29) is 5.78 Å². The van der Waals surface area contributed by atoms with Gasteiger partial charge >= 0.3 is 5.97 Å². The molecule has 1 unspecified atom stereocenters. The Bertz CT molecular complexity index is 545. The minimum absolute atomic E-state index is 0.0629. The van der Waals surface area contributed by atoms with Gasteiger partial charge in [-0.2, -0.15) is 0 Å². The first kappa shape index (κ1) is 14.4. The molecule has 1 atom stereocenters. The molecule has 0 aromatic heterocycles. The SMILES string of the molecule is COc1cc(C(C)=O)ccc1OC(C)C1(C(=O)O)CC1. The normalized spacial score (nSPS) is 17.1. The van der Waals surface area contributed by atoms with Crippen molar-refractivity contribution in [3.63, 3.8) is 0 Å². The average Bonchev–Trinajstić information content (AvgIpc) is 3.20. The van der Waals surface area contributed by atoms with Crippen LogP contribution in [0.5, 0.6) is 11.5 Å². The largest absolute Gasteiger partial charge is 0.493 e. The highest BCUT2D eigenvalue weighted by atomic mass is 16.5. The second kappa shape index (κ2) is 5.15. The first-order valence-electron chi connectivity index (χ1n) is 6.50. The molecule has 0 amide bonds. The maximum Gasteiger partial charge on any atom is 0.313 e. The molecule has 1 saturated carbocycles. The van der Waals surface area contributed by atoms with Gasteiger partial charge in [-0.1, -0.05) is 0 Å². The number of methoxy groups -OCH3 is 1. The van der Waals surface area contributed by atoms with Gasteiger partial charge < -0.3 is 14.6 Å². The number of hydrogen-bond acceptors (Lipinski definition) is 4. The number of benzene rings is 1. The number of carbonyl (C=O) groups is 2. The molecule has 1 aromatic rings. The molecule has 5 nitrogen and oxygen atoms in total. The minimum atomic E-state index is -0.829. The summed E-state index contributed by atoms with van der Waals surface area (Å²) in [4.78, 5) is 22.6. The van der Waals surface area contributed by atoms with Crippen molar-refractivity contribution in [1.29, 1.82) is 0 Å². The Kier molecular flexibility index (Phi) is 3.70. The van der Waals surface area contributed by atoms with Crippen LogP contribution in [0.25, 0.3) is 0 Å².